The predicted octanol–water partition coefficient (Wildman–Crippen LogP) is 2.25. The van der Waals surface area contributed by atoms with Crippen molar-refractivity contribution in [2.45, 2.75) is 31.1 Å². The molecule has 20 heavy (non-hydrogen) atoms. The number of H-pyrrole nitrogens is 1. The van der Waals surface area contributed by atoms with Crippen LogP contribution >= 0.6 is 26.5 Å². The molecule has 8 heteroatoms. The molecule has 0 saturated heterocycles. The van der Waals surface area contributed by atoms with E-state index in [0.717, 1.165) is 0 Å². The van der Waals surface area contributed by atoms with Crippen molar-refractivity contribution in [3.05, 3.63) is 32.7 Å². The van der Waals surface area contributed by atoms with Gasteiger partial charge in [-0.15, -0.1) is 0 Å². The van der Waals surface area contributed by atoms with Gasteiger partial charge in [0.05, 0.1) is 5.75 Å². The number of aliphatic imine (C=N–C) groups is 1. The van der Waals surface area contributed by atoms with E-state index in [1.807, 2.05) is 0 Å². The quantitative estimate of drug-likeness (QED) is 0.612. The Morgan fingerprint density at radius 1 is 1.45 bits per heavy atom. The zero-order valence-corrected chi connectivity index (χ0v) is 13.9. The number of halogens is 1. The van der Waals surface area contributed by atoms with Gasteiger partial charge in [0.2, 0.25) is 0 Å². The molecule has 1 aliphatic heterocycles. The molecule has 0 fully saturated rings. The Bertz CT molecular complexity index is 641. The molecule has 0 saturated carbocycles. The molecule has 1 atom stereocenters. The predicted molar refractivity (Wildman–Crippen MR) is 85.5 cm³/mol. The summed E-state index contributed by atoms with van der Waals surface area (Å²) in [6.45, 7) is 4.97. The van der Waals surface area contributed by atoms with Gasteiger partial charge in [0.25, 0.3) is 5.56 Å². The van der Waals surface area contributed by atoms with E-state index in [9.17, 15) is 13.9 Å². The van der Waals surface area contributed by atoms with Gasteiger partial charge in [-0.05, 0) is 42.8 Å². The zero-order valence-electron chi connectivity index (χ0n) is 11.5. The molecule has 0 amide bonds. The maximum Gasteiger partial charge on any atom is 0.253 e. The first-order valence-electron chi connectivity index (χ1n) is 6.00. The number of nitrogens with one attached hydrogen (secondary N) is 1. The summed E-state index contributed by atoms with van der Waals surface area (Å²) >= 11 is 3.29. The highest BCUT2D eigenvalue weighted by Gasteiger charge is 2.49. The number of pyridine rings is 1. The van der Waals surface area contributed by atoms with Crippen LogP contribution in [0.2, 0.25) is 0 Å². The molecule has 6 nitrogen and oxygen atoms in total. The van der Waals surface area contributed by atoms with E-state index in [1.165, 1.54) is 6.20 Å². The Balaban J connectivity index is 2.65. The minimum absolute atomic E-state index is 0.0345. The number of hydrogen-bond acceptors (Lipinski definition) is 5. The lowest BCUT2D eigenvalue weighted by molar-refractivity contribution is 0.423. The molecule has 112 valence electrons. The van der Waals surface area contributed by atoms with Gasteiger partial charge in [-0.25, -0.2) is 0 Å². The number of rotatable bonds is 1. The fourth-order valence-electron chi connectivity index (χ4n) is 2.17. The second-order valence-electron chi connectivity index (χ2n) is 5.65. The third kappa shape index (κ3) is 2.30. The van der Waals surface area contributed by atoms with E-state index in [4.69, 9.17) is 5.73 Å². The topological polar surface area (TPSA) is 112 Å². The van der Waals surface area contributed by atoms with Crippen molar-refractivity contribution in [1.82, 2.24) is 4.98 Å². The lowest BCUT2D eigenvalue weighted by Gasteiger charge is -2.53. The molecule has 5 N–H and O–H groups in total. The summed E-state index contributed by atoms with van der Waals surface area (Å²) in [6, 6.07) is 1.63. The summed E-state index contributed by atoms with van der Waals surface area (Å²) in [6.07, 6.45) is 1.52. The van der Waals surface area contributed by atoms with Crippen LogP contribution in [0.15, 0.2) is 26.5 Å². The van der Waals surface area contributed by atoms with Gasteiger partial charge in [0.1, 0.15) is 16.1 Å². The first-order chi connectivity index (χ1) is 8.99. The average molecular weight is 364 g/mol. The van der Waals surface area contributed by atoms with Crippen LogP contribution in [-0.4, -0.2) is 30.4 Å². The summed E-state index contributed by atoms with van der Waals surface area (Å²) in [5, 5.41) is 0. The third-order valence-corrected chi connectivity index (χ3v) is 7.00. The van der Waals surface area contributed by atoms with Gasteiger partial charge >= 0.3 is 0 Å². The number of amidine groups is 1. The van der Waals surface area contributed by atoms with Crippen LogP contribution in [0, 0.1) is 0 Å². The van der Waals surface area contributed by atoms with Crippen LogP contribution in [0.25, 0.3) is 0 Å². The summed E-state index contributed by atoms with van der Waals surface area (Å²) in [7, 11) is -3.02. The van der Waals surface area contributed by atoms with E-state index in [-0.39, 0.29) is 17.1 Å². The Labute approximate surface area is 127 Å². The smallest absolute Gasteiger partial charge is 0.253 e. The molecule has 0 aliphatic carbocycles. The molecule has 0 bridgehead atoms. The Morgan fingerprint density at radius 2 is 2.05 bits per heavy atom. The number of nitrogens with zero attached hydrogens (tertiary/aromatic N) is 1. The van der Waals surface area contributed by atoms with Crippen molar-refractivity contribution in [3.63, 3.8) is 0 Å². The zero-order chi connectivity index (χ0) is 15.3. The standard InChI is InChI=1S/C12H18BrN3O3S/c1-11(2)10(14)16-12(3,6-20(11,18)19)8-4-7(13)5-15-9(8)17/h4-5,18-19H,6H2,1-3H3,(H2,14,16)(H,15,17). The summed E-state index contributed by atoms with van der Waals surface area (Å²) in [4.78, 5) is 19.0. The van der Waals surface area contributed by atoms with Crippen LogP contribution in [0.3, 0.4) is 0 Å². The third-order valence-electron chi connectivity index (χ3n) is 3.73. The second-order valence-corrected chi connectivity index (χ2v) is 9.21. The van der Waals surface area contributed by atoms with Crippen molar-refractivity contribution in [2.24, 2.45) is 10.7 Å². The van der Waals surface area contributed by atoms with E-state index < -0.39 is 20.9 Å². The molecule has 2 rings (SSSR count). The van der Waals surface area contributed by atoms with Crippen molar-refractivity contribution in [1.29, 1.82) is 0 Å². The lowest BCUT2D eigenvalue weighted by atomic mass is 9.95. The SMILES string of the molecule is CC1(c2cc(Br)c[nH]c2=O)CS(O)(O)C(C)(C)C(N)=N1. The summed E-state index contributed by atoms with van der Waals surface area (Å²) in [5.41, 5.74) is 4.89. The van der Waals surface area contributed by atoms with E-state index in [2.05, 4.69) is 25.9 Å². The van der Waals surface area contributed by atoms with Crippen LogP contribution in [-0.2, 0) is 5.54 Å². The molecule has 2 heterocycles. The average Bonchev–Trinajstić information content (AvgIpc) is 2.29. The number of aromatic amines is 1. The minimum Gasteiger partial charge on any atom is -0.386 e. The summed E-state index contributed by atoms with van der Waals surface area (Å²) in [5.74, 6) is 0.110. The first kappa shape index (κ1) is 15.6. The minimum atomic E-state index is -3.02. The van der Waals surface area contributed by atoms with Crippen molar-refractivity contribution < 1.29 is 9.11 Å². The highest BCUT2D eigenvalue weighted by atomic mass is 79.9. The lowest BCUT2D eigenvalue weighted by Crippen LogP contribution is -2.53. The monoisotopic (exact) mass is 363 g/mol. The normalized spacial score (nSPS) is 29.6. The molecule has 1 aromatic rings. The molecule has 0 spiro atoms. The molecule has 1 aromatic heterocycles. The van der Waals surface area contributed by atoms with Crippen LogP contribution < -0.4 is 11.3 Å². The van der Waals surface area contributed by atoms with Crippen molar-refractivity contribution in [3.8, 4) is 0 Å². The van der Waals surface area contributed by atoms with Gasteiger partial charge in [-0.2, -0.15) is 10.6 Å². The molecule has 1 aliphatic rings. The number of nitrogens with two attached hydrogens (primary N) is 1. The summed E-state index contributed by atoms with van der Waals surface area (Å²) < 4.78 is 20.5. The molecule has 0 aromatic carbocycles. The molecular weight excluding hydrogens is 346 g/mol. The van der Waals surface area contributed by atoms with Gasteiger partial charge in [0, 0.05) is 16.2 Å². The van der Waals surface area contributed by atoms with E-state index in [1.54, 1.807) is 26.8 Å². The Kier molecular flexibility index (Phi) is 3.57. The van der Waals surface area contributed by atoms with Crippen LogP contribution in [0.4, 0.5) is 0 Å². The maximum atomic E-state index is 12.0. The van der Waals surface area contributed by atoms with Crippen molar-refractivity contribution in [2.75, 3.05) is 5.75 Å². The van der Waals surface area contributed by atoms with Gasteiger partial charge in [-0.3, -0.25) is 18.9 Å². The van der Waals surface area contributed by atoms with Gasteiger partial charge < -0.3 is 10.7 Å². The number of aromatic nitrogens is 1. The van der Waals surface area contributed by atoms with E-state index in [0.29, 0.717) is 10.0 Å². The maximum absolute atomic E-state index is 12.0. The highest BCUT2D eigenvalue weighted by molar-refractivity contribution is 9.10. The first-order valence-corrected chi connectivity index (χ1v) is 8.50. The second kappa shape index (κ2) is 4.59. The number of hydrogen-bond donors (Lipinski definition) is 4. The highest BCUT2D eigenvalue weighted by Crippen LogP contribution is 2.58. The molecule has 1 unspecified atom stereocenters. The molecule has 0 radical (unpaired) electrons. The van der Waals surface area contributed by atoms with Gasteiger partial charge in [0.15, 0.2) is 0 Å². The Hall–Kier alpha value is -0.830. The Morgan fingerprint density at radius 3 is 2.60 bits per heavy atom. The van der Waals surface area contributed by atoms with Gasteiger partial charge in [-0.1, -0.05) is 0 Å². The van der Waals surface area contributed by atoms with Crippen LogP contribution in [0.1, 0.15) is 26.3 Å². The largest absolute Gasteiger partial charge is 0.386 e. The fourth-order valence-corrected chi connectivity index (χ4v) is 4.26. The van der Waals surface area contributed by atoms with E-state index >= 15 is 0 Å². The molecular formula is C12H18BrN3O3S. The van der Waals surface area contributed by atoms with Crippen molar-refractivity contribution >= 4 is 32.4 Å². The fraction of sp³-hybridized carbons (Fsp3) is 0.500. The van der Waals surface area contributed by atoms with Crippen LogP contribution in [0.5, 0.6) is 0 Å².